The summed E-state index contributed by atoms with van der Waals surface area (Å²) in [5.74, 6) is -1.00. The first kappa shape index (κ1) is 17.4. The molecule has 23 heavy (non-hydrogen) atoms. The Morgan fingerprint density at radius 1 is 1.35 bits per heavy atom. The summed E-state index contributed by atoms with van der Waals surface area (Å²) in [5, 5.41) is -0.0683. The highest BCUT2D eigenvalue weighted by Gasteiger charge is 2.25. The Balaban J connectivity index is 2.09. The molecule has 2 unspecified atom stereocenters. The van der Waals surface area contributed by atoms with Crippen LogP contribution in [0.3, 0.4) is 0 Å². The molecular weight excluding hydrogens is 321 g/mol. The van der Waals surface area contributed by atoms with E-state index in [1.807, 2.05) is 18.2 Å². The van der Waals surface area contributed by atoms with Crippen LogP contribution in [0.2, 0.25) is 5.15 Å². The van der Waals surface area contributed by atoms with Crippen LogP contribution in [-0.4, -0.2) is 18.1 Å². The van der Waals surface area contributed by atoms with Crippen LogP contribution in [0.15, 0.2) is 42.6 Å². The van der Waals surface area contributed by atoms with Gasteiger partial charge in [-0.1, -0.05) is 41.9 Å². The quantitative estimate of drug-likeness (QED) is 0.585. The molecule has 0 amide bonds. The number of hydrogen-bond donors (Lipinski definition) is 0. The van der Waals surface area contributed by atoms with Crippen molar-refractivity contribution in [1.29, 1.82) is 0 Å². The lowest BCUT2D eigenvalue weighted by atomic mass is 10.1. The van der Waals surface area contributed by atoms with Gasteiger partial charge in [0.15, 0.2) is 0 Å². The van der Waals surface area contributed by atoms with Crippen LogP contribution in [0.1, 0.15) is 35.9 Å². The predicted molar refractivity (Wildman–Crippen MR) is 84.8 cm³/mol. The van der Waals surface area contributed by atoms with Crippen molar-refractivity contribution in [1.82, 2.24) is 4.98 Å². The fourth-order valence-electron chi connectivity index (χ4n) is 1.95. The van der Waals surface area contributed by atoms with E-state index >= 15 is 0 Å². The Labute approximate surface area is 139 Å². The first-order valence-corrected chi connectivity index (χ1v) is 7.43. The number of methoxy groups -OCH3 is 1. The molecule has 0 aliphatic heterocycles. The van der Waals surface area contributed by atoms with Crippen molar-refractivity contribution >= 4 is 17.6 Å². The molecule has 122 valence electrons. The lowest BCUT2D eigenvalue weighted by Gasteiger charge is -2.14. The molecule has 2 atom stereocenters. The Morgan fingerprint density at radius 2 is 2.04 bits per heavy atom. The summed E-state index contributed by atoms with van der Waals surface area (Å²) < 4.78 is 24.5. The summed E-state index contributed by atoms with van der Waals surface area (Å²) in [6, 6.07) is 10.5. The van der Waals surface area contributed by atoms with Crippen molar-refractivity contribution < 1.29 is 18.7 Å². The molecule has 2 rings (SSSR count). The van der Waals surface area contributed by atoms with Crippen LogP contribution in [0.5, 0.6) is 0 Å². The Bertz CT molecular complexity index is 666. The Hall–Kier alpha value is -1.98. The van der Waals surface area contributed by atoms with Gasteiger partial charge in [-0.2, -0.15) is 0 Å². The minimum Gasteiger partial charge on any atom is -0.458 e. The zero-order chi connectivity index (χ0) is 16.8. The standard InChI is InChI=1S/C17H17ClFNO3/c1-11(22-2)13-8-14(16(18)20-9-13)15(19)17(21)23-10-12-6-4-3-5-7-12/h3-9,11,15H,10H2,1-2H3. The summed E-state index contributed by atoms with van der Waals surface area (Å²) in [5.41, 5.74) is 1.38. The van der Waals surface area contributed by atoms with Crippen molar-refractivity contribution in [3.63, 3.8) is 0 Å². The van der Waals surface area contributed by atoms with Gasteiger partial charge in [0.1, 0.15) is 11.8 Å². The fourth-order valence-corrected chi connectivity index (χ4v) is 2.15. The number of ether oxygens (including phenoxy) is 2. The smallest absolute Gasteiger partial charge is 0.345 e. The van der Waals surface area contributed by atoms with Crippen molar-refractivity contribution in [2.45, 2.75) is 25.8 Å². The molecule has 0 saturated heterocycles. The van der Waals surface area contributed by atoms with E-state index < -0.39 is 12.1 Å². The number of alkyl halides is 1. The third-order valence-corrected chi connectivity index (χ3v) is 3.73. The summed E-state index contributed by atoms with van der Waals surface area (Å²) in [6.07, 6.45) is -0.795. The van der Waals surface area contributed by atoms with Gasteiger partial charge in [-0.3, -0.25) is 0 Å². The van der Waals surface area contributed by atoms with Crippen molar-refractivity contribution in [3.05, 3.63) is 64.4 Å². The fraction of sp³-hybridized carbons (Fsp3) is 0.294. The van der Waals surface area contributed by atoms with E-state index in [0.717, 1.165) is 5.56 Å². The maximum atomic E-state index is 14.4. The van der Waals surface area contributed by atoms with Crippen LogP contribution in [0.4, 0.5) is 4.39 Å². The summed E-state index contributed by atoms with van der Waals surface area (Å²) >= 11 is 5.90. The van der Waals surface area contributed by atoms with Gasteiger partial charge in [-0.25, -0.2) is 14.2 Å². The molecule has 1 aromatic heterocycles. The molecule has 0 fully saturated rings. The molecule has 0 aliphatic carbocycles. The zero-order valence-corrected chi connectivity index (χ0v) is 13.6. The van der Waals surface area contributed by atoms with Crippen molar-refractivity contribution in [2.24, 2.45) is 0 Å². The second kappa shape index (κ2) is 8.04. The lowest BCUT2D eigenvalue weighted by Crippen LogP contribution is -2.13. The Kier molecular flexibility index (Phi) is 6.07. The van der Waals surface area contributed by atoms with Gasteiger partial charge in [0.25, 0.3) is 0 Å². The van der Waals surface area contributed by atoms with Crippen LogP contribution in [0, 0.1) is 0 Å². The number of esters is 1. The third-order valence-electron chi connectivity index (χ3n) is 3.41. The van der Waals surface area contributed by atoms with Gasteiger partial charge in [-0.05, 0) is 24.1 Å². The van der Waals surface area contributed by atoms with Crippen molar-refractivity contribution in [3.8, 4) is 0 Å². The van der Waals surface area contributed by atoms with Gasteiger partial charge in [0, 0.05) is 18.9 Å². The van der Waals surface area contributed by atoms with E-state index in [4.69, 9.17) is 21.1 Å². The number of carbonyl (C=O) groups excluding carboxylic acids is 1. The SMILES string of the molecule is COC(C)c1cnc(Cl)c(C(F)C(=O)OCc2ccccc2)c1. The molecule has 4 nitrogen and oxygen atoms in total. The number of benzene rings is 1. The molecule has 0 aliphatic rings. The minimum absolute atomic E-state index is 0.000689. The summed E-state index contributed by atoms with van der Waals surface area (Å²) in [4.78, 5) is 15.8. The number of aromatic nitrogens is 1. The molecule has 1 aromatic carbocycles. The monoisotopic (exact) mass is 337 g/mol. The number of nitrogens with zero attached hydrogens (tertiary/aromatic N) is 1. The number of hydrogen-bond acceptors (Lipinski definition) is 4. The molecule has 0 radical (unpaired) electrons. The number of halogens is 2. The molecule has 6 heteroatoms. The zero-order valence-electron chi connectivity index (χ0n) is 12.8. The van der Waals surface area contributed by atoms with Gasteiger partial charge < -0.3 is 9.47 Å². The molecule has 1 heterocycles. The highest BCUT2D eigenvalue weighted by Crippen LogP contribution is 2.29. The number of rotatable bonds is 6. The van der Waals surface area contributed by atoms with Gasteiger partial charge in [0.2, 0.25) is 6.17 Å². The van der Waals surface area contributed by atoms with E-state index in [1.165, 1.54) is 19.4 Å². The van der Waals surface area contributed by atoms with E-state index in [2.05, 4.69) is 4.98 Å². The molecular formula is C17H17ClFNO3. The maximum Gasteiger partial charge on any atom is 0.345 e. The topological polar surface area (TPSA) is 48.4 Å². The van der Waals surface area contributed by atoms with Gasteiger partial charge in [-0.15, -0.1) is 0 Å². The van der Waals surface area contributed by atoms with Crippen LogP contribution in [-0.2, 0) is 20.9 Å². The third kappa shape index (κ3) is 4.50. The largest absolute Gasteiger partial charge is 0.458 e. The normalized spacial score (nSPS) is 13.4. The van der Waals surface area contributed by atoms with Crippen LogP contribution in [0.25, 0.3) is 0 Å². The molecule has 2 aromatic rings. The highest BCUT2D eigenvalue weighted by atomic mass is 35.5. The Morgan fingerprint density at radius 3 is 2.70 bits per heavy atom. The second-order valence-corrected chi connectivity index (χ2v) is 5.34. The van der Waals surface area contributed by atoms with E-state index in [1.54, 1.807) is 19.1 Å². The predicted octanol–water partition coefficient (Wildman–Crippen LogP) is 4.20. The first-order chi connectivity index (χ1) is 11.0. The molecule has 0 bridgehead atoms. The highest BCUT2D eigenvalue weighted by molar-refractivity contribution is 6.30. The lowest BCUT2D eigenvalue weighted by molar-refractivity contribution is -0.151. The number of carbonyl (C=O) groups is 1. The average Bonchev–Trinajstić information content (AvgIpc) is 2.59. The van der Waals surface area contributed by atoms with E-state index in [0.29, 0.717) is 5.56 Å². The molecule has 0 spiro atoms. The average molecular weight is 338 g/mol. The first-order valence-electron chi connectivity index (χ1n) is 7.05. The molecule has 0 N–H and O–H groups in total. The van der Waals surface area contributed by atoms with Crippen LogP contribution >= 0.6 is 11.6 Å². The van der Waals surface area contributed by atoms with Crippen LogP contribution < -0.4 is 0 Å². The van der Waals surface area contributed by atoms with Gasteiger partial charge >= 0.3 is 5.97 Å². The summed E-state index contributed by atoms with van der Waals surface area (Å²) in [6.45, 7) is 1.79. The maximum absolute atomic E-state index is 14.4. The number of pyridine rings is 1. The minimum atomic E-state index is -2.00. The van der Waals surface area contributed by atoms with E-state index in [-0.39, 0.29) is 23.4 Å². The van der Waals surface area contributed by atoms with Crippen molar-refractivity contribution in [2.75, 3.05) is 7.11 Å². The second-order valence-electron chi connectivity index (χ2n) is 4.98. The molecule has 0 saturated carbocycles. The summed E-state index contributed by atoms with van der Waals surface area (Å²) in [7, 11) is 1.53. The van der Waals surface area contributed by atoms with Gasteiger partial charge in [0.05, 0.1) is 6.10 Å². The van der Waals surface area contributed by atoms with E-state index in [9.17, 15) is 9.18 Å².